The molecule has 2 aliphatic rings. The molecule has 8 heteroatoms. The van der Waals surface area contributed by atoms with E-state index in [1.165, 1.54) is 0 Å². The lowest BCUT2D eigenvalue weighted by atomic mass is 9.93. The highest BCUT2D eigenvalue weighted by atomic mass is 31.2. The van der Waals surface area contributed by atoms with Crippen LogP contribution in [0.5, 0.6) is 0 Å². The molecule has 2 aromatic rings. The highest BCUT2D eigenvalue weighted by Gasteiger charge is 2.52. The van der Waals surface area contributed by atoms with Gasteiger partial charge in [-0.05, 0) is 23.0 Å². The van der Waals surface area contributed by atoms with Gasteiger partial charge in [0.15, 0.2) is 0 Å². The van der Waals surface area contributed by atoms with Crippen molar-refractivity contribution >= 4 is 15.2 Å². The maximum absolute atomic E-state index is 13.5. The lowest BCUT2D eigenvalue weighted by Gasteiger charge is -2.45. The van der Waals surface area contributed by atoms with Crippen molar-refractivity contribution in [3.05, 3.63) is 71.8 Å². The van der Waals surface area contributed by atoms with E-state index in [-0.39, 0.29) is 49.6 Å². The summed E-state index contributed by atoms with van der Waals surface area (Å²) in [5, 5.41) is 0. The molecule has 2 aromatic carbocycles. The molecule has 1 spiro atoms. The first-order valence-electron chi connectivity index (χ1n) is 11.6. The molecule has 0 amide bonds. The second kappa shape index (κ2) is 9.77. The van der Waals surface area contributed by atoms with Crippen LogP contribution >= 0.6 is 15.2 Å². The Morgan fingerprint density at radius 2 is 0.909 bits per heavy atom. The van der Waals surface area contributed by atoms with Crippen molar-refractivity contribution in [1.29, 1.82) is 0 Å². The van der Waals surface area contributed by atoms with E-state index in [2.05, 4.69) is 0 Å². The Bertz CT molecular complexity index is 917. The van der Waals surface area contributed by atoms with Gasteiger partial charge < -0.3 is 18.1 Å². The first kappa shape index (κ1) is 24.9. The molecule has 4 rings (SSSR count). The van der Waals surface area contributed by atoms with Gasteiger partial charge in [-0.1, -0.05) is 88.4 Å². The molecule has 0 N–H and O–H groups in total. The number of hydrogen-bond acceptors (Lipinski definition) is 6. The van der Waals surface area contributed by atoms with Crippen LogP contribution in [-0.2, 0) is 27.2 Å². The molecule has 0 bridgehead atoms. The summed E-state index contributed by atoms with van der Waals surface area (Å²) >= 11 is 0. The van der Waals surface area contributed by atoms with E-state index in [9.17, 15) is 9.13 Å². The Kier molecular flexibility index (Phi) is 7.36. The van der Waals surface area contributed by atoms with Gasteiger partial charge >= 0.3 is 15.2 Å². The second-order valence-corrected chi connectivity index (χ2v) is 14.4. The summed E-state index contributed by atoms with van der Waals surface area (Å²) in [5.74, 6) is 0.0379. The minimum absolute atomic E-state index is 0.0190. The van der Waals surface area contributed by atoms with Gasteiger partial charge in [0, 0.05) is 0 Å². The number of hydrogen-bond donors (Lipinski definition) is 0. The molecule has 0 radical (unpaired) electrons. The van der Waals surface area contributed by atoms with Crippen molar-refractivity contribution in [3.8, 4) is 0 Å². The van der Waals surface area contributed by atoms with Crippen LogP contribution in [0.3, 0.4) is 0 Å². The van der Waals surface area contributed by atoms with Crippen LogP contribution < -0.4 is 0 Å². The van der Waals surface area contributed by atoms with Gasteiger partial charge in [-0.25, -0.2) is 0 Å². The molecular weight excluding hydrogens is 458 g/mol. The fraction of sp³-hybridized carbons (Fsp3) is 0.520. The lowest BCUT2D eigenvalue weighted by molar-refractivity contribution is -0.0711. The van der Waals surface area contributed by atoms with Crippen molar-refractivity contribution < 1.29 is 27.2 Å². The summed E-state index contributed by atoms with van der Waals surface area (Å²) in [6, 6.07) is 19.9. The Balaban J connectivity index is 1.37. The van der Waals surface area contributed by atoms with E-state index in [1.807, 2.05) is 88.4 Å². The molecule has 0 saturated carbocycles. The van der Waals surface area contributed by atoms with Crippen LogP contribution in [0.2, 0.25) is 0 Å². The quantitative estimate of drug-likeness (QED) is 0.411. The maximum Gasteiger partial charge on any atom is 0.334 e. The summed E-state index contributed by atoms with van der Waals surface area (Å²) in [5.41, 5.74) is 1.01. The van der Waals surface area contributed by atoms with Crippen LogP contribution in [0.15, 0.2) is 60.7 Å². The summed E-state index contributed by atoms with van der Waals surface area (Å²) in [6.07, 6.45) is 0. The Hall–Kier alpha value is -1.26. The molecule has 2 saturated heterocycles. The fourth-order valence-corrected chi connectivity index (χ4v) is 8.66. The van der Waals surface area contributed by atoms with E-state index >= 15 is 0 Å². The topological polar surface area (TPSA) is 71.1 Å². The Labute approximate surface area is 197 Å². The van der Waals surface area contributed by atoms with Gasteiger partial charge in [0.05, 0.1) is 43.2 Å². The van der Waals surface area contributed by atoms with Crippen molar-refractivity contribution in [1.82, 2.24) is 0 Å². The summed E-state index contributed by atoms with van der Waals surface area (Å²) < 4.78 is 50.5. The van der Waals surface area contributed by atoms with Gasteiger partial charge in [0.2, 0.25) is 0 Å². The third-order valence-corrected chi connectivity index (χ3v) is 12.1. The van der Waals surface area contributed by atoms with Gasteiger partial charge in [0.25, 0.3) is 0 Å². The largest absolute Gasteiger partial charge is 0.334 e. The van der Waals surface area contributed by atoms with Crippen LogP contribution in [0.25, 0.3) is 0 Å². The van der Waals surface area contributed by atoms with Crippen molar-refractivity contribution in [2.75, 3.05) is 26.4 Å². The third kappa shape index (κ3) is 5.07. The van der Waals surface area contributed by atoms with Gasteiger partial charge in [0.1, 0.15) is 0 Å². The van der Waals surface area contributed by atoms with Crippen LogP contribution in [0, 0.1) is 5.41 Å². The maximum atomic E-state index is 13.5. The van der Waals surface area contributed by atoms with E-state index in [0.29, 0.717) is 0 Å². The molecule has 0 aromatic heterocycles. The highest BCUT2D eigenvalue weighted by molar-refractivity contribution is 7.55. The van der Waals surface area contributed by atoms with E-state index in [1.54, 1.807) is 0 Å². The molecule has 2 heterocycles. The standard InChI is InChI=1S/C25H34O6P2/c1-19(23-11-7-5-8-12-23)21(3)32(26)28-15-25(16-29-32)17-30-33(27,31-18-25)22(4)20(2)24-13-9-6-10-14-24/h5-14,19-22H,15-18H2,1-4H3. The second-order valence-electron chi connectivity index (χ2n) is 9.55. The Morgan fingerprint density at radius 3 is 1.21 bits per heavy atom. The van der Waals surface area contributed by atoms with Crippen molar-refractivity contribution in [2.24, 2.45) is 5.41 Å². The van der Waals surface area contributed by atoms with Crippen LogP contribution in [-0.4, -0.2) is 37.7 Å². The average Bonchev–Trinajstić information content (AvgIpc) is 2.87. The fourth-order valence-electron chi connectivity index (χ4n) is 4.32. The normalized spacial score (nSPS) is 33.8. The molecule has 0 aliphatic carbocycles. The summed E-state index contributed by atoms with van der Waals surface area (Å²) in [7, 11) is -6.61. The minimum atomic E-state index is -3.31. The van der Waals surface area contributed by atoms with E-state index < -0.39 is 20.6 Å². The zero-order chi connectivity index (χ0) is 23.7. The first-order chi connectivity index (χ1) is 15.7. The van der Waals surface area contributed by atoms with Gasteiger partial charge in [-0.2, -0.15) is 0 Å². The van der Waals surface area contributed by atoms with Crippen molar-refractivity contribution in [3.63, 3.8) is 0 Å². The zero-order valence-corrected chi connectivity index (χ0v) is 21.5. The SMILES string of the molecule is CC(c1ccccc1)C(C)P1(=O)OCC2(CO1)COP(=O)(C(C)C(C)c1ccccc1)OC2. The molecule has 180 valence electrons. The first-order valence-corrected chi connectivity index (χ1v) is 14.8. The van der Waals surface area contributed by atoms with E-state index in [0.717, 1.165) is 11.1 Å². The molecule has 4 unspecified atom stereocenters. The molecule has 33 heavy (non-hydrogen) atoms. The Morgan fingerprint density at radius 1 is 0.606 bits per heavy atom. The lowest BCUT2D eigenvalue weighted by Crippen LogP contribution is -2.47. The predicted octanol–water partition coefficient (Wildman–Crippen LogP) is 6.84. The summed E-state index contributed by atoms with van der Waals surface area (Å²) in [6.45, 7) is 8.66. The molecule has 2 aliphatic heterocycles. The predicted molar refractivity (Wildman–Crippen MR) is 130 cm³/mol. The highest BCUT2D eigenvalue weighted by Crippen LogP contribution is 2.65. The van der Waals surface area contributed by atoms with Crippen LogP contribution in [0.4, 0.5) is 0 Å². The number of benzene rings is 2. The van der Waals surface area contributed by atoms with Gasteiger partial charge in [-0.15, -0.1) is 0 Å². The van der Waals surface area contributed by atoms with E-state index in [4.69, 9.17) is 18.1 Å². The number of rotatable bonds is 6. The average molecular weight is 492 g/mol. The third-order valence-electron chi connectivity index (χ3n) is 7.30. The molecule has 4 atom stereocenters. The molecular formula is C25H34O6P2. The van der Waals surface area contributed by atoms with Crippen LogP contribution in [0.1, 0.15) is 50.7 Å². The molecule has 2 fully saturated rings. The van der Waals surface area contributed by atoms with Gasteiger partial charge in [-0.3, -0.25) is 9.13 Å². The summed E-state index contributed by atoms with van der Waals surface area (Å²) in [4.78, 5) is 0. The zero-order valence-electron chi connectivity index (χ0n) is 19.8. The minimum Gasteiger partial charge on any atom is -0.308 e. The monoisotopic (exact) mass is 492 g/mol. The molecule has 6 nitrogen and oxygen atoms in total. The smallest absolute Gasteiger partial charge is 0.308 e. The van der Waals surface area contributed by atoms with Crippen molar-refractivity contribution in [2.45, 2.75) is 50.8 Å².